The number of rotatable bonds is 3. The van der Waals surface area contributed by atoms with Crippen LogP contribution in [0.5, 0.6) is 0 Å². The molecule has 0 aliphatic carbocycles. The van der Waals surface area contributed by atoms with E-state index in [1.54, 1.807) is 12.1 Å². The summed E-state index contributed by atoms with van der Waals surface area (Å²) in [5.41, 5.74) is 3.29. The second-order valence-electron chi connectivity index (χ2n) is 5.11. The Morgan fingerprint density at radius 1 is 1.19 bits per heavy atom. The van der Waals surface area contributed by atoms with Gasteiger partial charge < -0.3 is 9.67 Å². The summed E-state index contributed by atoms with van der Waals surface area (Å²) >= 11 is 6.01. The first-order valence-corrected chi connectivity index (χ1v) is 7.00. The molecule has 0 unspecified atom stereocenters. The first-order chi connectivity index (χ1) is 10.0. The molecule has 0 amide bonds. The van der Waals surface area contributed by atoms with Crippen LogP contribution in [0.2, 0.25) is 5.02 Å². The van der Waals surface area contributed by atoms with Gasteiger partial charge >= 0.3 is 5.97 Å². The lowest BCUT2D eigenvalue weighted by Gasteiger charge is -2.09. The average molecular weight is 300 g/mol. The Morgan fingerprint density at radius 3 is 2.71 bits per heavy atom. The van der Waals surface area contributed by atoms with Crippen molar-refractivity contribution < 1.29 is 9.90 Å². The summed E-state index contributed by atoms with van der Waals surface area (Å²) in [4.78, 5) is 11.5. The molecule has 21 heavy (non-hydrogen) atoms. The van der Waals surface area contributed by atoms with Crippen molar-refractivity contribution in [1.82, 2.24) is 4.57 Å². The highest BCUT2D eigenvalue weighted by Gasteiger charge is 2.15. The summed E-state index contributed by atoms with van der Waals surface area (Å²) in [6, 6.07) is 15.1. The van der Waals surface area contributed by atoms with Crippen molar-refractivity contribution in [3.05, 3.63) is 70.4 Å². The van der Waals surface area contributed by atoms with E-state index < -0.39 is 5.97 Å². The standard InChI is InChI=1S/C17H14ClNO2/c1-11-5-6-13-9-16(17(20)21)19(15(13)7-11)10-12-3-2-4-14(18)8-12/h2-9H,10H2,1H3,(H,20,21). The molecule has 2 aromatic carbocycles. The topological polar surface area (TPSA) is 42.2 Å². The number of benzene rings is 2. The van der Waals surface area contributed by atoms with Crippen LogP contribution in [0.4, 0.5) is 0 Å². The Balaban J connectivity index is 2.17. The first-order valence-electron chi connectivity index (χ1n) is 6.62. The molecule has 0 aliphatic heterocycles. The highest BCUT2D eigenvalue weighted by Crippen LogP contribution is 2.23. The van der Waals surface area contributed by atoms with Gasteiger partial charge in [-0.15, -0.1) is 0 Å². The van der Waals surface area contributed by atoms with E-state index in [0.717, 1.165) is 22.0 Å². The fourth-order valence-electron chi connectivity index (χ4n) is 2.53. The summed E-state index contributed by atoms with van der Waals surface area (Å²) in [7, 11) is 0. The molecule has 0 saturated carbocycles. The van der Waals surface area contributed by atoms with Crippen LogP contribution >= 0.6 is 11.6 Å². The van der Waals surface area contributed by atoms with Crippen molar-refractivity contribution in [2.24, 2.45) is 0 Å². The van der Waals surface area contributed by atoms with Crippen molar-refractivity contribution in [3.63, 3.8) is 0 Å². The molecular weight excluding hydrogens is 286 g/mol. The number of aromatic nitrogens is 1. The van der Waals surface area contributed by atoms with Crippen molar-refractivity contribution >= 4 is 28.5 Å². The fourth-order valence-corrected chi connectivity index (χ4v) is 2.74. The van der Waals surface area contributed by atoms with E-state index in [2.05, 4.69) is 0 Å². The third-order valence-electron chi connectivity index (χ3n) is 3.51. The number of carbonyl (C=O) groups is 1. The third-order valence-corrected chi connectivity index (χ3v) is 3.74. The highest BCUT2D eigenvalue weighted by molar-refractivity contribution is 6.30. The minimum absolute atomic E-state index is 0.288. The van der Waals surface area contributed by atoms with E-state index in [1.165, 1.54) is 0 Å². The molecule has 0 aliphatic rings. The maximum Gasteiger partial charge on any atom is 0.352 e. The molecule has 0 fully saturated rings. The lowest BCUT2D eigenvalue weighted by molar-refractivity contribution is 0.0686. The number of aromatic carboxylic acids is 1. The molecule has 3 rings (SSSR count). The normalized spacial score (nSPS) is 11.0. The lowest BCUT2D eigenvalue weighted by Crippen LogP contribution is -2.09. The second-order valence-corrected chi connectivity index (χ2v) is 5.55. The molecule has 3 nitrogen and oxygen atoms in total. The number of aryl methyl sites for hydroxylation is 1. The predicted molar refractivity (Wildman–Crippen MR) is 84.2 cm³/mol. The molecule has 1 heterocycles. The largest absolute Gasteiger partial charge is 0.477 e. The molecule has 0 atom stereocenters. The van der Waals surface area contributed by atoms with Crippen LogP contribution in [0, 0.1) is 6.92 Å². The van der Waals surface area contributed by atoms with E-state index in [0.29, 0.717) is 11.6 Å². The van der Waals surface area contributed by atoms with Crippen LogP contribution in [-0.2, 0) is 6.54 Å². The maximum absolute atomic E-state index is 11.5. The van der Waals surface area contributed by atoms with Crippen LogP contribution in [0.3, 0.4) is 0 Å². The molecular formula is C17H14ClNO2. The Bertz CT molecular complexity index is 836. The summed E-state index contributed by atoms with van der Waals surface area (Å²) in [6.45, 7) is 2.48. The quantitative estimate of drug-likeness (QED) is 0.781. The number of hydrogen-bond acceptors (Lipinski definition) is 1. The van der Waals surface area contributed by atoms with Crippen molar-refractivity contribution in [1.29, 1.82) is 0 Å². The molecule has 0 spiro atoms. The number of hydrogen-bond donors (Lipinski definition) is 1. The number of nitrogens with zero attached hydrogens (tertiary/aromatic N) is 1. The number of fused-ring (bicyclic) bond motifs is 1. The summed E-state index contributed by atoms with van der Waals surface area (Å²) in [5.74, 6) is -0.925. The zero-order valence-electron chi connectivity index (χ0n) is 11.5. The summed E-state index contributed by atoms with van der Waals surface area (Å²) in [5, 5.41) is 11.0. The average Bonchev–Trinajstić information content (AvgIpc) is 2.77. The molecule has 0 bridgehead atoms. The van der Waals surface area contributed by atoms with Crippen LogP contribution in [0.1, 0.15) is 21.6 Å². The molecule has 1 aromatic heterocycles. The SMILES string of the molecule is Cc1ccc2cc(C(=O)O)n(Cc3cccc(Cl)c3)c2c1. The predicted octanol–water partition coefficient (Wildman–Crippen LogP) is 4.35. The summed E-state index contributed by atoms with van der Waals surface area (Å²) in [6.07, 6.45) is 0. The minimum atomic E-state index is -0.925. The van der Waals surface area contributed by atoms with E-state index >= 15 is 0 Å². The van der Waals surface area contributed by atoms with Gasteiger partial charge in [0.05, 0.1) is 0 Å². The first kappa shape index (κ1) is 13.7. The number of halogens is 1. The maximum atomic E-state index is 11.5. The van der Waals surface area contributed by atoms with Gasteiger partial charge in [0.2, 0.25) is 0 Å². The lowest BCUT2D eigenvalue weighted by atomic mass is 10.2. The van der Waals surface area contributed by atoms with E-state index in [-0.39, 0.29) is 5.69 Å². The van der Waals surface area contributed by atoms with Gasteiger partial charge in [-0.05, 0) is 42.3 Å². The monoisotopic (exact) mass is 299 g/mol. The second kappa shape index (κ2) is 5.26. The Kier molecular flexibility index (Phi) is 3.43. The number of carboxylic acids is 1. The van der Waals surface area contributed by atoms with Gasteiger partial charge in [0.25, 0.3) is 0 Å². The van der Waals surface area contributed by atoms with Gasteiger partial charge in [0.1, 0.15) is 5.69 Å². The zero-order valence-corrected chi connectivity index (χ0v) is 12.3. The minimum Gasteiger partial charge on any atom is -0.477 e. The van der Waals surface area contributed by atoms with E-state index in [9.17, 15) is 9.90 Å². The Hall–Kier alpha value is -2.26. The van der Waals surface area contributed by atoms with Crippen LogP contribution < -0.4 is 0 Å². The zero-order chi connectivity index (χ0) is 15.0. The van der Waals surface area contributed by atoms with Gasteiger partial charge in [0, 0.05) is 22.5 Å². The van der Waals surface area contributed by atoms with Crippen LogP contribution in [0.25, 0.3) is 10.9 Å². The van der Waals surface area contributed by atoms with Crippen molar-refractivity contribution in [2.45, 2.75) is 13.5 Å². The van der Waals surface area contributed by atoms with Crippen LogP contribution in [0.15, 0.2) is 48.5 Å². The Labute approximate surface area is 127 Å². The van der Waals surface area contributed by atoms with E-state index in [1.807, 2.05) is 47.9 Å². The van der Waals surface area contributed by atoms with Gasteiger partial charge in [0.15, 0.2) is 0 Å². The fraction of sp³-hybridized carbons (Fsp3) is 0.118. The molecule has 0 radical (unpaired) electrons. The van der Waals surface area contributed by atoms with E-state index in [4.69, 9.17) is 11.6 Å². The highest BCUT2D eigenvalue weighted by atomic mass is 35.5. The third kappa shape index (κ3) is 2.65. The smallest absolute Gasteiger partial charge is 0.352 e. The number of carboxylic acid groups (broad SMARTS) is 1. The molecule has 3 aromatic rings. The van der Waals surface area contributed by atoms with Gasteiger partial charge in [-0.1, -0.05) is 35.9 Å². The molecule has 106 valence electrons. The van der Waals surface area contributed by atoms with Crippen molar-refractivity contribution in [2.75, 3.05) is 0 Å². The van der Waals surface area contributed by atoms with Gasteiger partial charge in [-0.3, -0.25) is 0 Å². The summed E-state index contributed by atoms with van der Waals surface area (Å²) < 4.78 is 1.82. The molecule has 0 saturated heterocycles. The Morgan fingerprint density at radius 2 is 2.00 bits per heavy atom. The van der Waals surface area contributed by atoms with Crippen molar-refractivity contribution in [3.8, 4) is 0 Å². The van der Waals surface area contributed by atoms with Crippen LogP contribution in [-0.4, -0.2) is 15.6 Å². The van der Waals surface area contributed by atoms with Gasteiger partial charge in [-0.2, -0.15) is 0 Å². The molecule has 4 heteroatoms. The van der Waals surface area contributed by atoms with Gasteiger partial charge in [-0.25, -0.2) is 4.79 Å². The molecule has 1 N–H and O–H groups in total.